The number of nitrogens with zero attached hydrogens (tertiary/aromatic N) is 3. The van der Waals surface area contributed by atoms with Gasteiger partial charge in [-0.05, 0) is 48.0 Å². The average molecular weight is 445 g/mol. The van der Waals surface area contributed by atoms with Gasteiger partial charge in [-0.2, -0.15) is 10.5 Å². The number of amides is 1. The van der Waals surface area contributed by atoms with Gasteiger partial charge in [-0.1, -0.05) is 29.8 Å². The molecule has 0 spiro atoms. The Bertz CT molecular complexity index is 1300. The fourth-order valence-electron chi connectivity index (χ4n) is 2.65. The van der Waals surface area contributed by atoms with E-state index in [0.29, 0.717) is 22.0 Å². The van der Waals surface area contributed by atoms with Crippen LogP contribution in [0.1, 0.15) is 11.1 Å². The van der Waals surface area contributed by atoms with Crippen molar-refractivity contribution in [2.75, 3.05) is 5.32 Å². The van der Waals surface area contributed by atoms with Gasteiger partial charge in [0.15, 0.2) is 0 Å². The lowest BCUT2D eigenvalue weighted by Gasteiger charge is -2.08. The molecule has 0 saturated heterocycles. The Balaban J connectivity index is 1.75. The van der Waals surface area contributed by atoms with Crippen molar-refractivity contribution >= 4 is 35.0 Å². The molecule has 156 valence electrons. The van der Waals surface area contributed by atoms with Crippen molar-refractivity contribution in [3.8, 4) is 23.6 Å². The number of carbonyl (C=O) groups is 1. The minimum Gasteiger partial charge on any atom is -0.456 e. The zero-order valence-corrected chi connectivity index (χ0v) is 17.0. The van der Waals surface area contributed by atoms with Crippen LogP contribution in [-0.4, -0.2) is 10.8 Å². The molecule has 0 aliphatic rings. The monoisotopic (exact) mass is 444 g/mol. The van der Waals surface area contributed by atoms with Gasteiger partial charge in [0.25, 0.3) is 11.6 Å². The SMILES string of the molecule is N#C/C(=C\c1ccc(Oc2ccc([N+](=O)[O-])cc2C#N)cc1)C(=O)Nc1cccc(Cl)c1. The standard InChI is InChI=1S/C23H13ClN4O4/c24-18-2-1-3-19(12-18)27-23(29)17(14-26)10-15-4-7-21(8-5-15)32-22-9-6-20(28(30)31)11-16(22)13-25/h1-12H,(H,27,29)/b17-10+. The van der Waals surface area contributed by atoms with Crippen LogP contribution < -0.4 is 10.1 Å². The third-order valence-corrected chi connectivity index (χ3v) is 4.40. The molecule has 3 aromatic carbocycles. The molecule has 3 rings (SSSR count). The van der Waals surface area contributed by atoms with Crippen molar-refractivity contribution < 1.29 is 14.5 Å². The summed E-state index contributed by atoms with van der Waals surface area (Å²) in [6, 6.07) is 20.4. The molecule has 0 saturated carbocycles. The van der Waals surface area contributed by atoms with Crippen LogP contribution in [0.25, 0.3) is 6.08 Å². The first-order valence-electron chi connectivity index (χ1n) is 9.05. The number of hydrogen-bond acceptors (Lipinski definition) is 6. The maximum Gasteiger partial charge on any atom is 0.271 e. The Morgan fingerprint density at radius 3 is 2.47 bits per heavy atom. The number of carbonyl (C=O) groups excluding carboxylic acids is 1. The van der Waals surface area contributed by atoms with Crippen LogP contribution in [0.4, 0.5) is 11.4 Å². The van der Waals surface area contributed by atoms with E-state index >= 15 is 0 Å². The topological polar surface area (TPSA) is 129 Å². The van der Waals surface area contributed by atoms with Gasteiger partial charge in [-0.3, -0.25) is 14.9 Å². The summed E-state index contributed by atoms with van der Waals surface area (Å²) in [5.41, 5.74) is 0.728. The quantitative estimate of drug-likeness (QED) is 0.232. The normalized spacial score (nSPS) is 10.5. The van der Waals surface area contributed by atoms with Crippen molar-refractivity contribution in [1.82, 2.24) is 0 Å². The number of anilines is 1. The van der Waals surface area contributed by atoms with Gasteiger partial charge in [-0.15, -0.1) is 0 Å². The second-order valence-electron chi connectivity index (χ2n) is 6.35. The molecular formula is C23H13ClN4O4. The van der Waals surface area contributed by atoms with E-state index in [1.807, 2.05) is 12.1 Å². The van der Waals surface area contributed by atoms with Gasteiger partial charge < -0.3 is 10.1 Å². The Kier molecular flexibility index (Phi) is 6.81. The number of rotatable bonds is 6. The van der Waals surface area contributed by atoms with E-state index in [1.54, 1.807) is 48.5 Å². The summed E-state index contributed by atoms with van der Waals surface area (Å²) in [6.07, 6.45) is 1.41. The molecule has 0 aliphatic heterocycles. The number of nitro groups is 1. The van der Waals surface area contributed by atoms with Crippen LogP contribution in [0.3, 0.4) is 0 Å². The van der Waals surface area contributed by atoms with Crippen LogP contribution in [0.15, 0.2) is 72.3 Å². The first-order chi connectivity index (χ1) is 15.4. The summed E-state index contributed by atoms with van der Waals surface area (Å²) < 4.78 is 5.64. The molecule has 0 aliphatic carbocycles. The fraction of sp³-hybridized carbons (Fsp3) is 0. The van der Waals surface area contributed by atoms with E-state index < -0.39 is 10.8 Å². The lowest BCUT2D eigenvalue weighted by Crippen LogP contribution is -2.13. The molecule has 0 radical (unpaired) electrons. The summed E-state index contributed by atoms with van der Waals surface area (Å²) in [5, 5.41) is 32.5. The van der Waals surface area contributed by atoms with E-state index in [1.165, 1.54) is 18.2 Å². The Morgan fingerprint density at radius 2 is 1.84 bits per heavy atom. The zero-order valence-electron chi connectivity index (χ0n) is 16.3. The lowest BCUT2D eigenvalue weighted by atomic mass is 10.1. The van der Waals surface area contributed by atoms with E-state index in [4.69, 9.17) is 16.3 Å². The summed E-state index contributed by atoms with van der Waals surface area (Å²) in [6.45, 7) is 0. The number of nitro benzene ring substituents is 1. The maximum absolute atomic E-state index is 12.4. The minimum absolute atomic E-state index is 0.0209. The Hall–Kier alpha value is -4.66. The van der Waals surface area contributed by atoms with Crippen LogP contribution in [-0.2, 0) is 4.79 Å². The average Bonchev–Trinajstić information content (AvgIpc) is 2.78. The molecule has 0 fully saturated rings. The van der Waals surface area contributed by atoms with Gasteiger partial charge in [0.05, 0.1) is 4.92 Å². The second-order valence-corrected chi connectivity index (χ2v) is 6.79. The van der Waals surface area contributed by atoms with Crippen LogP contribution >= 0.6 is 11.6 Å². The molecular weight excluding hydrogens is 432 g/mol. The maximum atomic E-state index is 12.4. The number of nitrogens with one attached hydrogen (secondary N) is 1. The summed E-state index contributed by atoms with van der Waals surface area (Å²) in [5.74, 6) is -0.0472. The number of nitriles is 2. The largest absolute Gasteiger partial charge is 0.456 e. The van der Waals surface area contributed by atoms with E-state index in [9.17, 15) is 25.4 Å². The Morgan fingerprint density at radius 1 is 1.09 bits per heavy atom. The fourth-order valence-corrected chi connectivity index (χ4v) is 2.84. The van der Waals surface area contributed by atoms with Crippen molar-refractivity contribution in [3.63, 3.8) is 0 Å². The zero-order chi connectivity index (χ0) is 23.1. The highest BCUT2D eigenvalue weighted by molar-refractivity contribution is 6.31. The number of hydrogen-bond donors (Lipinski definition) is 1. The molecule has 32 heavy (non-hydrogen) atoms. The number of non-ortho nitro benzene ring substituents is 1. The van der Waals surface area contributed by atoms with E-state index in [0.717, 1.165) is 6.07 Å². The molecule has 1 N–H and O–H groups in total. The molecule has 9 heteroatoms. The highest BCUT2D eigenvalue weighted by atomic mass is 35.5. The van der Waals surface area contributed by atoms with Crippen LogP contribution in [0, 0.1) is 32.8 Å². The van der Waals surface area contributed by atoms with Gasteiger partial charge in [0, 0.05) is 22.8 Å². The van der Waals surface area contributed by atoms with Crippen molar-refractivity contribution in [3.05, 3.63) is 98.6 Å². The highest BCUT2D eigenvalue weighted by Gasteiger charge is 2.13. The predicted octanol–water partition coefficient (Wildman–Crippen LogP) is 5.46. The van der Waals surface area contributed by atoms with E-state index in [2.05, 4.69) is 5.32 Å². The molecule has 0 unspecified atom stereocenters. The van der Waals surface area contributed by atoms with Crippen molar-refractivity contribution in [2.24, 2.45) is 0 Å². The smallest absolute Gasteiger partial charge is 0.271 e. The molecule has 0 atom stereocenters. The highest BCUT2D eigenvalue weighted by Crippen LogP contribution is 2.28. The van der Waals surface area contributed by atoms with Gasteiger partial charge in [-0.25, -0.2) is 0 Å². The lowest BCUT2D eigenvalue weighted by molar-refractivity contribution is -0.384. The third-order valence-electron chi connectivity index (χ3n) is 4.16. The molecule has 0 bridgehead atoms. The van der Waals surface area contributed by atoms with Crippen molar-refractivity contribution in [2.45, 2.75) is 0 Å². The molecule has 8 nitrogen and oxygen atoms in total. The van der Waals surface area contributed by atoms with Gasteiger partial charge >= 0.3 is 0 Å². The van der Waals surface area contributed by atoms with E-state index in [-0.39, 0.29) is 22.6 Å². The molecule has 1 amide bonds. The van der Waals surface area contributed by atoms with Crippen LogP contribution in [0.5, 0.6) is 11.5 Å². The van der Waals surface area contributed by atoms with Crippen molar-refractivity contribution in [1.29, 1.82) is 10.5 Å². The number of halogens is 1. The summed E-state index contributed by atoms with van der Waals surface area (Å²) in [7, 11) is 0. The first kappa shape index (κ1) is 22.0. The first-order valence-corrected chi connectivity index (χ1v) is 9.42. The predicted molar refractivity (Wildman–Crippen MR) is 118 cm³/mol. The van der Waals surface area contributed by atoms with Crippen LogP contribution in [0.2, 0.25) is 5.02 Å². The van der Waals surface area contributed by atoms with Gasteiger partial charge in [0.2, 0.25) is 0 Å². The number of benzene rings is 3. The summed E-state index contributed by atoms with van der Waals surface area (Å²) >= 11 is 5.89. The second kappa shape index (κ2) is 9.90. The molecule has 0 heterocycles. The van der Waals surface area contributed by atoms with Gasteiger partial charge in [0.1, 0.15) is 34.8 Å². The molecule has 0 aromatic heterocycles. The summed E-state index contributed by atoms with van der Waals surface area (Å²) in [4.78, 5) is 22.6. The Labute approximate surface area is 187 Å². The number of ether oxygens (including phenoxy) is 1. The third kappa shape index (κ3) is 5.48. The molecule has 3 aromatic rings. The minimum atomic E-state index is -0.596.